The van der Waals surface area contributed by atoms with Crippen molar-refractivity contribution in [3.63, 3.8) is 0 Å². The molecule has 1 aromatic heterocycles. The predicted molar refractivity (Wildman–Crippen MR) is 177 cm³/mol. The van der Waals surface area contributed by atoms with E-state index in [0.717, 1.165) is 23.8 Å². The number of phenols is 1. The van der Waals surface area contributed by atoms with Crippen molar-refractivity contribution < 1.29 is 44.0 Å². The average molecular weight is 752 g/mol. The maximum absolute atomic E-state index is 12.4. The second kappa shape index (κ2) is 12.7. The summed E-state index contributed by atoms with van der Waals surface area (Å²) in [5, 5.41) is 22.7. The average Bonchev–Trinajstić information content (AvgIpc) is 2.96. The van der Waals surface area contributed by atoms with Crippen molar-refractivity contribution in [2.45, 2.75) is 21.6 Å². The molecule has 0 unspecified atom stereocenters. The van der Waals surface area contributed by atoms with E-state index in [1.165, 1.54) is 6.07 Å². The first kappa shape index (κ1) is 35.1. The lowest BCUT2D eigenvalue weighted by molar-refractivity contribution is 0.471. The molecule has 49 heavy (non-hydrogen) atoms. The van der Waals surface area contributed by atoms with Gasteiger partial charge in [0.2, 0.25) is 17.2 Å². The Bertz CT molecular complexity index is 2550. The minimum atomic E-state index is -5.09. The van der Waals surface area contributed by atoms with Crippen molar-refractivity contribution in [2.24, 2.45) is 10.2 Å². The Balaban J connectivity index is 1.57. The van der Waals surface area contributed by atoms with Gasteiger partial charge in [-0.15, -0.1) is 10.2 Å². The van der Waals surface area contributed by atoms with E-state index >= 15 is 0 Å². The number of aromatic hydroxyl groups is 1. The Morgan fingerprint density at radius 2 is 1.41 bits per heavy atom. The standard InChI is InChI=1S/C26H22ClN9O10S3/c1-11-2-4-16(15(28)6-11)31-26-33-24(27)32-25(34-26)30-13-3-5-17(19(9-13)48(41,42)43)35-36-23-21-12(8-20(22(23)29)49(44,45)46)7-14(10-18(21)37)47(38,39)40/h2-10,37H,28-29H2,1H3,(H,38,39,40)(H,41,42,43)(H,44,45,46)(H2,30,31,32,33,34). The Labute approximate surface area is 282 Å². The van der Waals surface area contributed by atoms with Gasteiger partial charge in [0.15, 0.2) is 0 Å². The zero-order valence-corrected chi connectivity index (χ0v) is 27.6. The molecule has 0 spiro atoms. The number of nitrogen functional groups attached to an aromatic ring is 2. The van der Waals surface area contributed by atoms with Crippen molar-refractivity contribution in [3.05, 3.63) is 65.4 Å². The van der Waals surface area contributed by atoms with Crippen molar-refractivity contribution in [1.29, 1.82) is 0 Å². The number of nitrogens with one attached hydrogen (secondary N) is 2. The van der Waals surface area contributed by atoms with Crippen LogP contribution in [0.5, 0.6) is 5.75 Å². The Morgan fingerprint density at radius 3 is 2.02 bits per heavy atom. The molecule has 4 aromatic carbocycles. The molecule has 0 amide bonds. The van der Waals surface area contributed by atoms with Crippen LogP contribution in [0.2, 0.25) is 5.28 Å². The van der Waals surface area contributed by atoms with Crippen LogP contribution in [0.1, 0.15) is 5.56 Å². The Kier molecular flexibility index (Phi) is 9.07. The van der Waals surface area contributed by atoms with Crippen molar-refractivity contribution in [3.8, 4) is 5.75 Å². The number of aromatic nitrogens is 3. The minimum absolute atomic E-state index is 0.0108. The molecule has 0 radical (unpaired) electrons. The molecule has 0 fully saturated rings. The molecule has 1 heterocycles. The summed E-state index contributed by atoms with van der Waals surface area (Å²) in [5.74, 6) is -1.05. The number of hydrogen-bond acceptors (Lipinski definition) is 16. The predicted octanol–water partition coefficient (Wildman–Crippen LogP) is 4.50. The molecular formula is C26H22ClN9O10S3. The van der Waals surface area contributed by atoms with Crippen LogP contribution in [0, 0.1) is 6.92 Å². The molecule has 10 N–H and O–H groups in total. The summed E-state index contributed by atoms with van der Waals surface area (Å²) < 4.78 is 101. The van der Waals surface area contributed by atoms with E-state index in [9.17, 15) is 44.0 Å². The van der Waals surface area contributed by atoms with Gasteiger partial charge < -0.3 is 27.2 Å². The van der Waals surface area contributed by atoms with Crippen LogP contribution in [-0.2, 0) is 30.4 Å². The zero-order valence-electron chi connectivity index (χ0n) is 24.4. The number of benzene rings is 4. The molecule has 0 aliphatic rings. The third kappa shape index (κ3) is 7.75. The molecule has 0 aliphatic carbocycles. The summed E-state index contributed by atoms with van der Waals surface area (Å²) in [6.07, 6.45) is 0. The molecule has 5 rings (SSSR count). The van der Waals surface area contributed by atoms with E-state index in [4.69, 9.17) is 23.1 Å². The number of phenolic OH excluding ortho intramolecular Hbond substituents is 1. The smallest absolute Gasteiger partial charge is 0.296 e. The van der Waals surface area contributed by atoms with Crippen LogP contribution >= 0.6 is 11.6 Å². The third-order valence-corrected chi connectivity index (χ3v) is 9.33. The van der Waals surface area contributed by atoms with Crippen LogP contribution in [0.25, 0.3) is 10.8 Å². The van der Waals surface area contributed by atoms with E-state index in [1.807, 2.05) is 6.92 Å². The molecule has 19 nitrogen and oxygen atoms in total. The second-order valence-electron chi connectivity index (χ2n) is 10.1. The summed E-state index contributed by atoms with van der Waals surface area (Å²) in [5.41, 5.74) is 11.7. The maximum atomic E-state index is 12.4. The summed E-state index contributed by atoms with van der Waals surface area (Å²) >= 11 is 6.05. The van der Waals surface area contributed by atoms with Crippen LogP contribution in [0.4, 0.5) is 46.0 Å². The number of hydrogen-bond donors (Lipinski definition) is 8. The van der Waals surface area contributed by atoms with Gasteiger partial charge in [-0.25, -0.2) is 0 Å². The Hall–Kier alpha value is -5.23. The van der Waals surface area contributed by atoms with E-state index < -0.39 is 73.2 Å². The molecule has 0 atom stereocenters. The van der Waals surface area contributed by atoms with Crippen LogP contribution in [-0.4, -0.2) is 59.0 Å². The SMILES string of the molecule is Cc1ccc(Nc2nc(Cl)nc(Nc3ccc(N=Nc4c(N)c(S(=O)(=O)O)cc5cc(S(=O)(=O)O)cc(O)c45)c(S(=O)(=O)O)c3)n2)c(N)c1. The summed E-state index contributed by atoms with van der Waals surface area (Å²) in [6.45, 7) is 1.85. The maximum Gasteiger partial charge on any atom is 0.296 e. The fourth-order valence-corrected chi connectivity index (χ4v) is 6.42. The fourth-order valence-electron chi connectivity index (χ4n) is 4.42. The van der Waals surface area contributed by atoms with Gasteiger partial charge in [0.05, 0.1) is 27.3 Å². The third-order valence-electron chi connectivity index (χ3n) is 6.55. The lowest BCUT2D eigenvalue weighted by Crippen LogP contribution is -2.06. The number of azo groups is 1. The quantitative estimate of drug-likeness (QED) is 0.0583. The highest BCUT2D eigenvalue weighted by Crippen LogP contribution is 2.44. The van der Waals surface area contributed by atoms with Gasteiger partial charge in [0.25, 0.3) is 30.4 Å². The molecule has 23 heteroatoms. The number of fused-ring (bicyclic) bond motifs is 1. The van der Waals surface area contributed by atoms with Gasteiger partial charge in [0.1, 0.15) is 26.9 Å². The normalized spacial score (nSPS) is 12.4. The first-order chi connectivity index (χ1) is 22.7. The van der Waals surface area contributed by atoms with Crippen molar-refractivity contribution >= 4 is 98.7 Å². The van der Waals surface area contributed by atoms with Gasteiger partial charge in [-0.1, -0.05) is 6.07 Å². The lowest BCUT2D eigenvalue weighted by atomic mass is 10.1. The minimum Gasteiger partial charge on any atom is -0.507 e. The number of aryl methyl sites for hydroxylation is 1. The van der Waals surface area contributed by atoms with Gasteiger partial charge >= 0.3 is 0 Å². The number of anilines is 6. The molecule has 0 saturated heterocycles. The van der Waals surface area contributed by atoms with E-state index in [1.54, 1.807) is 18.2 Å². The number of halogens is 1. The topological polar surface area (TPSA) is 323 Å². The monoisotopic (exact) mass is 751 g/mol. The highest BCUT2D eigenvalue weighted by Gasteiger charge is 2.25. The van der Waals surface area contributed by atoms with E-state index in [2.05, 4.69) is 35.8 Å². The number of rotatable bonds is 9. The van der Waals surface area contributed by atoms with Gasteiger partial charge in [-0.05, 0) is 71.9 Å². The molecule has 5 aromatic rings. The first-order valence-corrected chi connectivity index (χ1v) is 17.8. The van der Waals surface area contributed by atoms with E-state index in [0.29, 0.717) is 23.5 Å². The second-order valence-corrected chi connectivity index (χ2v) is 14.6. The zero-order chi connectivity index (χ0) is 36.1. The lowest BCUT2D eigenvalue weighted by Gasteiger charge is -2.13. The Morgan fingerprint density at radius 1 is 0.755 bits per heavy atom. The summed E-state index contributed by atoms with van der Waals surface area (Å²) in [4.78, 5) is 9.44. The van der Waals surface area contributed by atoms with Crippen molar-refractivity contribution in [2.75, 3.05) is 22.1 Å². The van der Waals surface area contributed by atoms with Crippen molar-refractivity contribution in [1.82, 2.24) is 15.0 Å². The summed E-state index contributed by atoms with van der Waals surface area (Å²) in [7, 11) is -15.0. The molecular weight excluding hydrogens is 730 g/mol. The largest absolute Gasteiger partial charge is 0.507 e. The molecule has 0 aliphatic heterocycles. The van der Waals surface area contributed by atoms with E-state index in [-0.39, 0.29) is 28.3 Å². The highest BCUT2D eigenvalue weighted by molar-refractivity contribution is 7.86. The van der Waals surface area contributed by atoms with Gasteiger partial charge in [-0.2, -0.15) is 40.2 Å². The number of nitrogens with two attached hydrogens (primary N) is 2. The molecule has 0 bridgehead atoms. The van der Waals surface area contributed by atoms with Crippen LogP contribution in [0.15, 0.2) is 79.5 Å². The molecule has 0 saturated carbocycles. The first-order valence-electron chi connectivity index (χ1n) is 13.1. The fraction of sp³-hybridized carbons (Fsp3) is 0.0385. The summed E-state index contributed by atoms with van der Waals surface area (Å²) in [6, 6.07) is 10.5. The number of nitrogens with zero attached hydrogens (tertiary/aromatic N) is 5. The van der Waals surface area contributed by atoms with Crippen LogP contribution < -0.4 is 22.1 Å². The molecule has 256 valence electrons. The van der Waals surface area contributed by atoms with Gasteiger partial charge in [-0.3, -0.25) is 13.7 Å². The van der Waals surface area contributed by atoms with Gasteiger partial charge in [0, 0.05) is 11.8 Å². The van der Waals surface area contributed by atoms with Crippen LogP contribution in [0.3, 0.4) is 0 Å². The highest BCUT2D eigenvalue weighted by atomic mass is 35.5.